The molecular weight excluding hydrogens is 316 g/mol. The number of hydrogen-bond acceptors (Lipinski definition) is 5. The van der Waals surface area contributed by atoms with Crippen molar-refractivity contribution < 1.29 is 17.9 Å². The van der Waals surface area contributed by atoms with Gasteiger partial charge in [-0.3, -0.25) is 0 Å². The number of amides is 1. The fraction of sp³-hybridized carbons (Fsp3) is 0.938. The minimum absolute atomic E-state index is 0.225. The molecule has 23 heavy (non-hydrogen) atoms. The van der Waals surface area contributed by atoms with Gasteiger partial charge in [-0.2, -0.15) is 0 Å². The van der Waals surface area contributed by atoms with Crippen molar-refractivity contribution in [2.75, 3.05) is 25.9 Å². The van der Waals surface area contributed by atoms with Crippen molar-refractivity contribution >= 4 is 15.9 Å². The van der Waals surface area contributed by atoms with E-state index in [1.54, 1.807) is 18.7 Å². The Labute approximate surface area is 140 Å². The summed E-state index contributed by atoms with van der Waals surface area (Å²) in [5.41, 5.74) is -0.486. The lowest BCUT2D eigenvalue weighted by Gasteiger charge is -2.27. The average Bonchev–Trinajstić information content (AvgIpc) is 2.58. The second-order valence-electron chi connectivity index (χ2n) is 8.01. The maximum atomic E-state index is 12.1. The van der Waals surface area contributed by atoms with E-state index in [0.717, 1.165) is 19.3 Å². The minimum Gasteiger partial charge on any atom is -0.444 e. The van der Waals surface area contributed by atoms with Gasteiger partial charge in [0.2, 0.25) is 0 Å². The molecule has 1 rings (SSSR count). The normalized spacial score (nSPS) is 21.0. The molecule has 0 spiro atoms. The van der Waals surface area contributed by atoms with Crippen LogP contribution in [0.25, 0.3) is 0 Å². The first-order chi connectivity index (χ1) is 10.3. The van der Waals surface area contributed by atoms with Gasteiger partial charge < -0.3 is 15.0 Å². The number of nitrogens with zero attached hydrogens (tertiary/aromatic N) is 1. The summed E-state index contributed by atoms with van der Waals surface area (Å²) in [5, 5.41) is 3.36. The maximum Gasteiger partial charge on any atom is 0.410 e. The third kappa shape index (κ3) is 6.67. The molecule has 1 atom stereocenters. The number of sulfone groups is 1. The molecule has 1 heterocycles. The van der Waals surface area contributed by atoms with Gasteiger partial charge in [0, 0.05) is 31.9 Å². The van der Waals surface area contributed by atoms with Gasteiger partial charge in [0.15, 0.2) is 9.84 Å². The summed E-state index contributed by atoms with van der Waals surface area (Å²) >= 11 is 0. The minimum atomic E-state index is -3.10. The van der Waals surface area contributed by atoms with Gasteiger partial charge in [0.1, 0.15) is 5.60 Å². The van der Waals surface area contributed by atoms with Gasteiger partial charge in [0.25, 0.3) is 0 Å². The molecule has 0 aromatic carbocycles. The summed E-state index contributed by atoms with van der Waals surface area (Å²) in [5.74, 6) is 0. The Bertz CT molecular complexity index is 509. The van der Waals surface area contributed by atoms with Crippen molar-refractivity contribution in [3.8, 4) is 0 Å². The molecule has 1 N–H and O–H groups in total. The van der Waals surface area contributed by atoms with Crippen molar-refractivity contribution in [2.24, 2.45) is 0 Å². The number of ether oxygens (including phenoxy) is 1. The molecule has 0 aromatic heterocycles. The summed E-state index contributed by atoms with van der Waals surface area (Å²) in [6.45, 7) is 10.8. The van der Waals surface area contributed by atoms with E-state index in [4.69, 9.17) is 4.74 Å². The van der Waals surface area contributed by atoms with Crippen LogP contribution in [0, 0.1) is 0 Å². The third-order valence-electron chi connectivity index (χ3n) is 4.20. The largest absolute Gasteiger partial charge is 0.444 e. The van der Waals surface area contributed by atoms with Gasteiger partial charge in [-0.15, -0.1) is 0 Å². The molecule has 1 unspecified atom stereocenters. The van der Waals surface area contributed by atoms with Crippen LogP contribution in [0.4, 0.5) is 4.79 Å². The molecule has 1 aliphatic heterocycles. The third-order valence-corrected chi connectivity index (χ3v) is 6.35. The quantitative estimate of drug-likeness (QED) is 0.843. The molecule has 0 bridgehead atoms. The van der Waals surface area contributed by atoms with Crippen molar-refractivity contribution in [1.29, 1.82) is 0 Å². The van der Waals surface area contributed by atoms with E-state index in [1.807, 2.05) is 20.8 Å². The molecule has 136 valence electrons. The van der Waals surface area contributed by atoms with Crippen LogP contribution in [0.5, 0.6) is 0 Å². The van der Waals surface area contributed by atoms with Crippen LogP contribution < -0.4 is 5.32 Å². The number of hydrogen-bond donors (Lipinski definition) is 1. The zero-order valence-electron chi connectivity index (χ0n) is 15.3. The first-order valence-corrected chi connectivity index (χ1v) is 10.1. The van der Waals surface area contributed by atoms with E-state index in [-0.39, 0.29) is 12.1 Å². The number of likely N-dealkylation sites (tertiary alicyclic amines) is 1. The molecule has 0 saturated carbocycles. The summed E-state index contributed by atoms with van der Waals surface area (Å²) in [6.07, 6.45) is 3.62. The Kier molecular flexibility index (Phi) is 6.49. The lowest BCUT2D eigenvalue weighted by Crippen LogP contribution is -2.45. The second-order valence-corrected chi connectivity index (χ2v) is 10.7. The highest BCUT2D eigenvalue weighted by Gasteiger charge is 2.31. The Morgan fingerprint density at radius 3 is 2.30 bits per heavy atom. The van der Waals surface area contributed by atoms with Crippen LogP contribution >= 0.6 is 0 Å². The van der Waals surface area contributed by atoms with Gasteiger partial charge >= 0.3 is 6.09 Å². The van der Waals surface area contributed by atoms with Crippen LogP contribution in [-0.2, 0) is 14.6 Å². The van der Waals surface area contributed by atoms with Gasteiger partial charge in [-0.05, 0) is 53.9 Å². The zero-order chi connectivity index (χ0) is 17.9. The average molecular weight is 349 g/mol. The fourth-order valence-corrected chi connectivity index (χ4v) is 2.68. The van der Waals surface area contributed by atoms with Crippen molar-refractivity contribution in [3.05, 3.63) is 0 Å². The molecule has 1 saturated heterocycles. The highest BCUT2D eigenvalue weighted by Crippen LogP contribution is 2.18. The van der Waals surface area contributed by atoms with Crippen LogP contribution in [0.3, 0.4) is 0 Å². The molecule has 0 radical (unpaired) electrons. The Balaban J connectivity index is 2.52. The van der Waals surface area contributed by atoms with Gasteiger partial charge in [0.05, 0.1) is 4.75 Å². The number of rotatable bonds is 4. The number of carbonyl (C=O) groups is 1. The van der Waals surface area contributed by atoms with E-state index < -0.39 is 20.2 Å². The van der Waals surface area contributed by atoms with E-state index in [2.05, 4.69) is 5.32 Å². The summed E-state index contributed by atoms with van der Waals surface area (Å²) in [6, 6.07) is 0.225. The highest BCUT2D eigenvalue weighted by molar-refractivity contribution is 7.92. The van der Waals surface area contributed by atoms with E-state index in [1.165, 1.54) is 6.26 Å². The van der Waals surface area contributed by atoms with Crippen molar-refractivity contribution in [3.63, 3.8) is 0 Å². The predicted molar refractivity (Wildman–Crippen MR) is 92.4 cm³/mol. The molecule has 1 amide bonds. The second kappa shape index (κ2) is 7.38. The summed E-state index contributed by atoms with van der Waals surface area (Å²) < 4.78 is 28.1. The van der Waals surface area contributed by atoms with Gasteiger partial charge in [-0.25, -0.2) is 13.2 Å². The summed E-state index contributed by atoms with van der Waals surface area (Å²) in [7, 11) is -3.10. The maximum absolute atomic E-state index is 12.1. The van der Waals surface area contributed by atoms with Crippen LogP contribution in [-0.4, -0.2) is 61.7 Å². The van der Waals surface area contributed by atoms with Crippen molar-refractivity contribution in [1.82, 2.24) is 10.2 Å². The molecule has 0 aliphatic carbocycles. The number of nitrogens with one attached hydrogen (secondary N) is 1. The predicted octanol–water partition coefficient (Wildman–Crippen LogP) is 2.19. The Hall–Kier alpha value is -0.820. The molecular formula is C16H32N2O4S. The highest BCUT2D eigenvalue weighted by atomic mass is 32.2. The summed E-state index contributed by atoms with van der Waals surface area (Å²) in [4.78, 5) is 13.9. The molecule has 1 fully saturated rings. The van der Waals surface area contributed by atoms with Crippen LogP contribution in [0.1, 0.15) is 53.9 Å². The van der Waals surface area contributed by atoms with Crippen LogP contribution in [0.2, 0.25) is 0 Å². The molecule has 7 heteroatoms. The van der Waals surface area contributed by atoms with Crippen LogP contribution in [0.15, 0.2) is 0 Å². The standard InChI is InChI=1S/C16H32N2O4S/c1-15(2,3)22-14(19)18-10-7-8-13(9-11-18)17-12-16(4,5)23(6,20)21/h13,17H,7-12H2,1-6H3. The van der Waals surface area contributed by atoms with E-state index in [9.17, 15) is 13.2 Å². The Morgan fingerprint density at radius 1 is 1.17 bits per heavy atom. The lowest BCUT2D eigenvalue weighted by molar-refractivity contribution is 0.0256. The fourth-order valence-electron chi connectivity index (χ4n) is 2.33. The zero-order valence-corrected chi connectivity index (χ0v) is 16.1. The van der Waals surface area contributed by atoms with Gasteiger partial charge in [-0.1, -0.05) is 0 Å². The topological polar surface area (TPSA) is 75.7 Å². The monoisotopic (exact) mass is 348 g/mol. The SMILES string of the molecule is CC(C)(C)OC(=O)N1CCCC(NCC(C)(C)S(C)(=O)=O)CC1. The van der Waals surface area contributed by atoms with E-state index in [0.29, 0.717) is 19.6 Å². The molecule has 0 aromatic rings. The molecule has 1 aliphatic rings. The van der Waals surface area contributed by atoms with E-state index >= 15 is 0 Å². The molecule has 6 nitrogen and oxygen atoms in total. The smallest absolute Gasteiger partial charge is 0.410 e. The van der Waals surface area contributed by atoms with Crippen molar-refractivity contribution in [2.45, 2.75) is 70.3 Å². The Morgan fingerprint density at radius 2 is 1.78 bits per heavy atom. The first kappa shape index (κ1) is 20.2. The lowest BCUT2D eigenvalue weighted by atomic mass is 10.1. The first-order valence-electron chi connectivity index (χ1n) is 8.23. The number of carbonyl (C=O) groups excluding carboxylic acids is 1.